The molecule has 1 aliphatic carbocycles. The van der Waals surface area contributed by atoms with Crippen molar-refractivity contribution >= 4 is 24.2 Å². The van der Waals surface area contributed by atoms with E-state index in [2.05, 4.69) is 10.2 Å². The van der Waals surface area contributed by atoms with Crippen molar-refractivity contribution in [3.8, 4) is 5.75 Å². The topological polar surface area (TPSA) is 91.3 Å². The lowest BCUT2D eigenvalue weighted by atomic mass is 9.79. The quantitative estimate of drug-likeness (QED) is 0.579. The zero-order chi connectivity index (χ0) is 16.9. The maximum absolute atomic E-state index is 11.8. The van der Waals surface area contributed by atoms with Crippen LogP contribution in [-0.2, 0) is 9.53 Å². The molecule has 1 saturated carbocycles. The summed E-state index contributed by atoms with van der Waals surface area (Å²) >= 11 is 0. The second kappa shape index (κ2) is 7.98. The predicted octanol–water partition coefficient (Wildman–Crippen LogP) is -0.574. The summed E-state index contributed by atoms with van der Waals surface area (Å²) in [5.41, 5.74) is 0.807. The summed E-state index contributed by atoms with van der Waals surface area (Å²) in [6.07, 6.45) is 1.84. The van der Waals surface area contributed by atoms with Crippen molar-refractivity contribution in [1.29, 1.82) is 0 Å². The molecule has 3 N–H and O–H groups in total. The maximum Gasteiger partial charge on any atom is 0.492 e. The first-order valence-electron chi connectivity index (χ1n) is 8.37. The predicted molar refractivity (Wildman–Crippen MR) is 90.4 cm³/mol. The zero-order valence-corrected chi connectivity index (χ0v) is 13.6. The van der Waals surface area contributed by atoms with Gasteiger partial charge in [0.05, 0.1) is 13.2 Å². The number of amides is 1. The van der Waals surface area contributed by atoms with Gasteiger partial charge in [-0.15, -0.1) is 0 Å². The molecule has 24 heavy (non-hydrogen) atoms. The average Bonchev–Trinajstić information content (AvgIpc) is 3.42. The molecule has 1 aromatic rings. The Morgan fingerprint density at radius 2 is 2.08 bits per heavy atom. The molecule has 3 rings (SSSR count). The lowest BCUT2D eigenvalue weighted by Crippen LogP contribution is -2.39. The van der Waals surface area contributed by atoms with E-state index in [1.165, 1.54) is 0 Å². The molecular formula is C16H23BN2O5. The highest BCUT2D eigenvalue weighted by molar-refractivity contribution is 6.59. The monoisotopic (exact) mass is 334 g/mol. The Morgan fingerprint density at radius 1 is 1.33 bits per heavy atom. The van der Waals surface area contributed by atoms with Crippen molar-refractivity contribution in [2.75, 3.05) is 44.8 Å². The number of hydrogen-bond acceptors (Lipinski definition) is 6. The molecule has 0 spiro atoms. The van der Waals surface area contributed by atoms with Crippen LogP contribution in [0.3, 0.4) is 0 Å². The van der Waals surface area contributed by atoms with E-state index in [0.717, 1.165) is 45.7 Å². The zero-order valence-electron chi connectivity index (χ0n) is 13.6. The Kier molecular flexibility index (Phi) is 5.73. The highest BCUT2D eigenvalue weighted by Crippen LogP contribution is 2.30. The van der Waals surface area contributed by atoms with E-state index in [4.69, 9.17) is 9.47 Å². The Hall–Kier alpha value is -1.61. The second-order valence-corrected chi connectivity index (χ2v) is 6.19. The van der Waals surface area contributed by atoms with E-state index >= 15 is 0 Å². The van der Waals surface area contributed by atoms with E-state index in [9.17, 15) is 14.8 Å². The first-order valence-corrected chi connectivity index (χ1v) is 8.37. The third kappa shape index (κ3) is 4.70. The summed E-state index contributed by atoms with van der Waals surface area (Å²) in [6.45, 7) is 4.43. The van der Waals surface area contributed by atoms with Gasteiger partial charge in [0.1, 0.15) is 12.4 Å². The number of nitrogens with one attached hydrogen (secondary N) is 1. The number of benzene rings is 1. The van der Waals surface area contributed by atoms with Crippen molar-refractivity contribution < 1.29 is 24.3 Å². The minimum Gasteiger partial charge on any atom is -0.493 e. The summed E-state index contributed by atoms with van der Waals surface area (Å²) in [5.74, 6) is 0.494. The van der Waals surface area contributed by atoms with Gasteiger partial charge in [0.2, 0.25) is 5.91 Å². The Balaban J connectivity index is 1.57. The highest BCUT2D eigenvalue weighted by atomic mass is 16.5. The molecule has 2 aliphatic rings. The molecule has 1 aromatic carbocycles. The molecule has 1 amide bonds. The van der Waals surface area contributed by atoms with Gasteiger partial charge in [-0.3, -0.25) is 9.69 Å². The molecule has 0 aromatic heterocycles. The van der Waals surface area contributed by atoms with E-state index in [1.807, 2.05) is 0 Å². The first kappa shape index (κ1) is 17.2. The molecular weight excluding hydrogens is 311 g/mol. The highest BCUT2D eigenvalue weighted by Gasteiger charge is 2.30. The van der Waals surface area contributed by atoms with Gasteiger partial charge in [0.25, 0.3) is 0 Å². The minimum absolute atomic E-state index is 0.0191. The van der Waals surface area contributed by atoms with Crippen LogP contribution in [0.5, 0.6) is 5.75 Å². The number of rotatable bonds is 7. The van der Waals surface area contributed by atoms with Crippen LogP contribution in [0.15, 0.2) is 18.2 Å². The van der Waals surface area contributed by atoms with Crippen molar-refractivity contribution in [3.63, 3.8) is 0 Å². The van der Waals surface area contributed by atoms with E-state index in [-0.39, 0.29) is 17.3 Å². The van der Waals surface area contributed by atoms with Gasteiger partial charge < -0.3 is 24.8 Å². The van der Waals surface area contributed by atoms with Crippen LogP contribution in [0.1, 0.15) is 12.8 Å². The molecule has 1 aliphatic heterocycles. The van der Waals surface area contributed by atoms with Crippen molar-refractivity contribution in [2.45, 2.75) is 12.8 Å². The molecule has 8 heteroatoms. The van der Waals surface area contributed by atoms with Crippen LogP contribution in [0, 0.1) is 5.92 Å². The molecule has 0 bridgehead atoms. The smallest absolute Gasteiger partial charge is 0.492 e. The third-order valence-corrected chi connectivity index (χ3v) is 4.27. The number of hydrogen-bond donors (Lipinski definition) is 3. The van der Waals surface area contributed by atoms with Gasteiger partial charge in [-0.05, 0) is 31.0 Å². The molecule has 1 heterocycles. The number of nitrogens with zero attached hydrogens (tertiary/aromatic N) is 1. The second-order valence-electron chi connectivity index (χ2n) is 6.19. The fourth-order valence-electron chi connectivity index (χ4n) is 2.66. The number of carbonyl (C=O) groups excluding carboxylic acids is 1. The Labute approximate surface area is 141 Å². The van der Waals surface area contributed by atoms with Crippen molar-refractivity contribution in [1.82, 2.24) is 4.90 Å². The van der Waals surface area contributed by atoms with Crippen LogP contribution in [-0.4, -0.2) is 67.4 Å². The molecule has 0 unspecified atom stereocenters. The minimum atomic E-state index is -1.65. The van der Waals surface area contributed by atoms with E-state index in [1.54, 1.807) is 18.2 Å². The Morgan fingerprint density at radius 3 is 2.75 bits per heavy atom. The van der Waals surface area contributed by atoms with Crippen molar-refractivity contribution in [2.24, 2.45) is 5.92 Å². The van der Waals surface area contributed by atoms with E-state index in [0.29, 0.717) is 18.0 Å². The molecule has 1 saturated heterocycles. The average molecular weight is 334 g/mol. The summed E-state index contributed by atoms with van der Waals surface area (Å²) in [5, 5.41) is 21.9. The van der Waals surface area contributed by atoms with Crippen LogP contribution in [0.2, 0.25) is 0 Å². The number of carbonyl (C=O) groups is 1. The van der Waals surface area contributed by atoms with Crippen molar-refractivity contribution in [3.05, 3.63) is 18.2 Å². The molecule has 0 atom stereocenters. The normalized spacial score (nSPS) is 18.2. The fourth-order valence-corrected chi connectivity index (χ4v) is 2.66. The number of ether oxygens (including phenoxy) is 2. The Bertz CT molecular complexity index is 574. The van der Waals surface area contributed by atoms with Gasteiger partial charge >= 0.3 is 7.12 Å². The summed E-state index contributed by atoms with van der Waals surface area (Å²) in [6, 6.07) is 4.93. The molecule has 130 valence electrons. The maximum atomic E-state index is 11.8. The molecule has 2 fully saturated rings. The lowest BCUT2D eigenvalue weighted by molar-refractivity contribution is -0.117. The van der Waals surface area contributed by atoms with Gasteiger partial charge in [-0.25, -0.2) is 0 Å². The SMILES string of the molecule is O=C(Nc1ccc(OCCN2CCOCC2)c(B(O)O)c1)C1CC1. The largest absolute Gasteiger partial charge is 0.493 e. The van der Waals surface area contributed by atoms with Crippen LogP contribution < -0.4 is 15.5 Å². The first-order chi connectivity index (χ1) is 11.6. The van der Waals surface area contributed by atoms with Gasteiger partial charge in [-0.2, -0.15) is 0 Å². The molecule has 0 radical (unpaired) electrons. The van der Waals surface area contributed by atoms with E-state index < -0.39 is 7.12 Å². The summed E-state index contributed by atoms with van der Waals surface area (Å²) < 4.78 is 11.0. The van der Waals surface area contributed by atoms with Gasteiger partial charge in [-0.1, -0.05) is 0 Å². The lowest BCUT2D eigenvalue weighted by Gasteiger charge is -2.26. The van der Waals surface area contributed by atoms with Crippen LogP contribution in [0.25, 0.3) is 0 Å². The standard InChI is InChI=1S/C16H23BN2O5/c20-16(12-1-2-12)18-13-3-4-15(14(11-13)17(21)22)24-10-7-19-5-8-23-9-6-19/h3-4,11-12,21-22H,1-2,5-10H2,(H,18,20). The molecule has 7 nitrogen and oxygen atoms in total. The van der Waals surface area contributed by atoms with Crippen LogP contribution in [0.4, 0.5) is 5.69 Å². The number of morpholine rings is 1. The van der Waals surface area contributed by atoms with Gasteiger partial charge in [0.15, 0.2) is 0 Å². The van der Waals surface area contributed by atoms with Crippen LogP contribution >= 0.6 is 0 Å². The summed E-state index contributed by atoms with van der Waals surface area (Å²) in [7, 11) is -1.65. The summed E-state index contributed by atoms with van der Waals surface area (Å²) in [4.78, 5) is 14.0. The van der Waals surface area contributed by atoms with Gasteiger partial charge in [0, 0.05) is 36.7 Å². The third-order valence-electron chi connectivity index (χ3n) is 4.27. The fraction of sp³-hybridized carbons (Fsp3) is 0.562. The number of anilines is 1.